The highest BCUT2D eigenvalue weighted by molar-refractivity contribution is 5.36. The number of anilines is 1. The van der Waals surface area contributed by atoms with Crippen LogP contribution >= 0.6 is 0 Å². The first-order valence-electron chi connectivity index (χ1n) is 10.3. The standard InChI is InChI=1S/C21H26N6O/c1-15-11-18(25-28-15)14-27-20(12-16-7-9-22-10-8-16)23-24-21(27)26(13-17-5-6-17)19-3-2-4-19/h7-11,17,19H,2-6,12-14H2,1H3. The third kappa shape index (κ3) is 3.66. The number of rotatable bonds is 8. The van der Waals surface area contributed by atoms with Crippen molar-refractivity contribution in [3.63, 3.8) is 0 Å². The number of hydrogen-bond acceptors (Lipinski definition) is 6. The summed E-state index contributed by atoms with van der Waals surface area (Å²) >= 11 is 0. The maximum absolute atomic E-state index is 5.30. The van der Waals surface area contributed by atoms with Gasteiger partial charge >= 0.3 is 0 Å². The maximum atomic E-state index is 5.30. The second-order valence-corrected chi connectivity index (χ2v) is 8.14. The lowest BCUT2D eigenvalue weighted by Crippen LogP contribution is -2.43. The molecule has 0 N–H and O–H groups in total. The molecule has 0 atom stereocenters. The Hall–Kier alpha value is -2.70. The summed E-state index contributed by atoms with van der Waals surface area (Å²) in [5.74, 6) is 3.58. The molecule has 0 spiro atoms. The van der Waals surface area contributed by atoms with Gasteiger partial charge in [-0.15, -0.1) is 10.2 Å². The highest BCUT2D eigenvalue weighted by Gasteiger charge is 2.34. The quantitative estimate of drug-likeness (QED) is 0.598. The van der Waals surface area contributed by atoms with Gasteiger partial charge in [-0.05, 0) is 62.6 Å². The number of nitrogens with zero attached hydrogens (tertiary/aromatic N) is 6. The molecule has 2 aliphatic rings. The molecule has 0 aromatic carbocycles. The largest absolute Gasteiger partial charge is 0.361 e. The molecule has 2 saturated carbocycles. The van der Waals surface area contributed by atoms with Crippen LogP contribution in [0, 0.1) is 12.8 Å². The van der Waals surface area contributed by atoms with Gasteiger partial charge in [0.05, 0.1) is 6.54 Å². The van der Waals surface area contributed by atoms with Crippen molar-refractivity contribution in [2.24, 2.45) is 5.92 Å². The van der Waals surface area contributed by atoms with Crippen molar-refractivity contribution in [2.45, 2.75) is 58.0 Å². The summed E-state index contributed by atoms with van der Waals surface area (Å²) < 4.78 is 7.53. The first-order chi connectivity index (χ1) is 13.8. The minimum atomic E-state index is 0.594. The van der Waals surface area contributed by atoms with Gasteiger partial charge in [0.1, 0.15) is 17.3 Å². The predicted molar refractivity (Wildman–Crippen MR) is 105 cm³/mol. The minimum Gasteiger partial charge on any atom is -0.361 e. The Morgan fingerprint density at radius 3 is 2.61 bits per heavy atom. The fourth-order valence-electron chi connectivity index (χ4n) is 3.84. The lowest BCUT2D eigenvalue weighted by molar-refractivity contribution is 0.372. The van der Waals surface area contributed by atoms with Crippen LogP contribution in [-0.2, 0) is 13.0 Å². The number of aryl methyl sites for hydroxylation is 1. The van der Waals surface area contributed by atoms with E-state index in [9.17, 15) is 0 Å². The SMILES string of the molecule is Cc1cc(Cn2c(Cc3ccncc3)nnc2N(CC2CC2)C2CCC2)no1. The molecule has 0 aliphatic heterocycles. The fourth-order valence-corrected chi connectivity index (χ4v) is 3.84. The second-order valence-electron chi connectivity index (χ2n) is 8.14. The summed E-state index contributed by atoms with van der Waals surface area (Å²) in [5.41, 5.74) is 2.10. The molecule has 28 heavy (non-hydrogen) atoms. The zero-order valence-electron chi connectivity index (χ0n) is 16.3. The molecular formula is C21H26N6O. The summed E-state index contributed by atoms with van der Waals surface area (Å²) in [6, 6.07) is 6.66. The average molecular weight is 378 g/mol. The molecule has 3 aromatic rings. The first-order valence-corrected chi connectivity index (χ1v) is 10.3. The zero-order chi connectivity index (χ0) is 18.9. The molecular weight excluding hydrogens is 352 g/mol. The summed E-state index contributed by atoms with van der Waals surface area (Å²) in [6.07, 6.45) is 10.9. The van der Waals surface area contributed by atoms with Gasteiger partial charge in [-0.1, -0.05) is 5.16 Å². The third-order valence-corrected chi connectivity index (χ3v) is 5.84. The molecule has 0 unspecified atom stereocenters. The van der Waals surface area contributed by atoms with E-state index in [1.807, 2.05) is 37.5 Å². The molecule has 2 aliphatic carbocycles. The molecule has 3 aromatic heterocycles. The van der Waals surface area contributed by atoms with Crippen molar-refractivity contribution < 1.29 is 4.52 Å². The monoisotopic (exact) mass is 378 g/mol. The van der Waals surface area contributed by atoms with E-state index in [2.05, 4.69) is 29.8 Å². The van der Waals surface area contributed by atoms with Gasteiger partial charge < -0.3 is 9.42 Å². The number of pyridine rings is 1. The van der Waals surface area contributed by atoms with E-state index in [1.54, 1.807) is 0 Å². The van der Waals surface area contributed by atoms with E-state index in [4.69, 9.17) is 4.52 Å². The van der Waals surface area contributed by atoms with Gasteiger partial charge in [0.2, 0.25) is 5.95 Å². The Labute approximate surface area is 164 Å². The molecule has 146 valence electrons. The van der Waals surface area contributed by atoms with Gasteiger partial charge in [0.25, 0.3) is 0 Å². The fraction of sp³-hybridized carbons (Fsp3) is 0.524. The molecule has 0 amide bonds. The van der Waals surface area contributed by atoms with Crippen molar-refractivity contribution in [2.75, 3.05) is 11.4 Å². The average Bonchev–Trinajstić information content (AvgIpc) is 3.26. The van der Waals surface area contributed by atoms with Crippen molar-refractivity contribution in [1.29, 1.82) is 0 Å². The highest BCUT2D eigenvalue weighted by Crippen LogP contribution is 2.36. The van der Waals surface area contributed by atoms with Gasteiger partial charge in [0.15, 0.2) is 0 Å². The van der Waals surface area contributed by atoms with Gasteiger partial charge in [0, 0.05) is 37.5 Å². The van der Waals surface area contributed by atoms with Crippen LogP contribution in [0.15, 0.2) is 35.1 Å². The smallest absolute Gasteiger partial charge is 0.227 e. The Kier molecular flexibility index (Phi) is 4.58. The number of hydrogen-bond donors (Lipinski definition) is 0. The van der Waals surface area contributed by atoms with Crippen LogP contribution in [0.25, 0.3) is 0 Å². The zero-order valence-corrected chi connectivity index (χ0v) is 16.3. The van der Waals surface area contributed by atoms with Gasteiger partial charge in [-0.25, -0.2) is 0 Å². The normalized spacial score (nSPS) is 16.9. The van der Waals surface area contributed by atoms with Crippen LogP contribution in [0.2, 0.25) is 0 Å². The molecule has 3 heterocycles. The molecule has 7 heteroatoms. The summed E-state index contributed by atoms with van der Waals surface area (Å²) in [4.78, 5) is 6.63. The van der Waals surface area contributed by atoms with Gasteiger partial charge in [-0.2, -0.15) is 0 Å². The van der Waals surface area contributed by atoms with E-state index >= 15 is 0 Å². The molecule has 2 fully saturated rings. The molecule has 7 nitrogen and oxygen atoms in total. The van der Waals surface area contributed by atoms with E-state index in [1.165, 1.54) is 37.7 Å². The van der Waals surface area contributed by atoms with E-state index in [0.717, 1.165) is 42.1 Å². The van der Waals surface area contributed by atoms with Crippen LogP contribution in [0.3, 0.4) is 0 Å². The molecule has 0 saturated heterocycles. The lowest BCUT2D eigenvalue weighted by Gasteiger charge is -2.38. The first kappa shape index (κ1) is 17.4. The minimum absolute atomic E-state index is 0.594. The van der Waals surface area contributed by atoms with Crippen molar-refractivity contribution in [1.82, 2.24) is 24.9 Å². The van der Waals surface area contributed by atoms with Crippen LogP contribution in [0.5, 0.6) is 0 Å². The van der Waals surface area contributed by atoms with Crippen molar-refractivity contribution >= 4 is 5.95 Å². The number of aromatic nitrogens is 5. The summed E-state index contributed by atoms with van der Waals surface area (Å²) in [6.45, 7) is 3.65. The van der Waals surface area contributed by atoms with Crippen LogP contribution in [-0.4, -0.2) is 37.5 Å². The van der Waals surface area contributed by atoms with Crippen LogP contribution in [0.4, 0.5) is 5.95 Å². The molecule has 0 bridgehead atoms. The third-order valence-electron chi connectivity index (χ3n) is 5.84. The summed E-state index contributed by atoms with van der Waals surface area (Å²) in [5, 5.41) is 13.5. The molecule has 0 radical (unpaired) electrons. The Bertz CT molecular complexity index is 926. The predicted octanol–water partition coefficient (Wildman–Crippen LogP) is 3.38. The maximum Gasteiger partial charge on any atom is 0.227 e. The van der Waals surface area contributed by atoms with Crippen molar-refractivity contribution in [3.05, 3.63) is 53.4 Å². The second kappa shape index (κ2) is 7.37. The van der Waals surface area contributed by atoms with Crippen LogP contribution < -0.4 is 4.90 Å². The summed E-state index contributed by atoms with van der Waals surface area (Å²) in [7, 11) is 0. The van der Waals surface area contributed by atoms with E-state index in [-0.39, 0.29) is 0 Å². The Morgan fingerprint density at radius 2 is 1.96 bits per heavy atom. The van der Waals surface area contributed by atoms with E-state index in [0.29, 0.717) is 12.6 Å². The van der Waals surface area contributed by atoms with Crippen molar-refractivity contribution in [3.8, 4) is 0 Å². The Morgan fingerprint density at radius 1 is 1.14 bits per heavy atom. The highest BCUT2D eigenvalue weighted by atomic mass is 16.5. The van der Waals surface area contributed by atoms with Crippen LogP contribution in [0.1, 0.15) is 54.9 Å². The topological polar surface area (TPSA) is 72.9 Å². The molecule has 5 rings (SSSR count). The van der Waals surface area contributed by atoms with Gasteiger partial charge in [-0.3, -0.25) is 9.55 Å². The Balaban J connectivity index is 1.49. The van der Waals surface area contributed by atoms with E-state index < -0.39 is 0 Å². The lowest BCUT2D eigenvalue weighted by atomic mass is 9.91.